The molecule has 0 fully saturated rings. The molecule has 1 aliphatic heterocycles. The lowest BCUT2D eigenvalue weighted by Crippen LogP contribution is -2.29. The summed E-state index contributed by atoms with van der Waals surface area (Å²) in [7, 11) is 1.86. The third-order valence-electron chi connectivity index (χ3n) is 3.34. The van der Waals surface area contributed by atoms with E-state index in [1.165, 1.54) is 4.90 Å². The molecule has 1 N–H and O–H groups in total. The predicted molar refractivity (Wildman–Crippen MR) is 76.8 cm³/mol. The number of nitrogens with one attached hydrogen (secondary N) is 1. The van der Waals surface area contributed by atoms with E-state index in [-0.39, 0.29) is 11.8 Å². The van der Waals surface area contributed by atoms with E-state index in [1.807, 2.05) is 25.2 Å². The number of amides is 2. The summed E-state index contributed by atoms with van der Waals surface area (Å²) in [5.41, 5.74) is 2.58. The fourth-order valence-corrected chi connectivity index (χ4v) is 2.43. The van der Waals surface area contributed by atoms with Crippen LogP contribution < -0.4 is 10.2 Å². The first-order valence-electron chi connectivity index (χ1n) is 6.43. The van der Waals surface area contributed by atoms with Gasteiger partial charge in [0, 0.05) is 6.54 Å². The highest BCUT2D eigenvalue weighted by atomic mass is 16.2. The molecular weight excluding hydrogens is 252 g/mol. The van der Waals surface area contributed by atoms with Gasteiger partial charge < -0.3 is 5.32 Å². The zero-order valence-corrected chi connectivity index (χ0v) is 11.1. The molecule has 0 spiro atoms. The molecule has 0 saturated heterocycles. The van der Waals surface area contributed by atoms with Gasteiger partial charge in [-0.25, -0.2) is 4.90 Å². The lowest BCUT2D eigenvalue weighted by atomic mass is 10.1. The molecule has 2 aromatic carbocycles. The summed E-state index contributed by atoms with van der Waals surface area (Å²) in [6.07, 6.45) is 0. The number of imide groups is 1. The van der Waals surface area contributed by atoms with Gasteiger partial charge in [0.25, 0.3) is 11.8 Å². The highest BCUT2D eigenvalue weighted by Crippen LogP contribution is 2.28. The van der Waals surface area contributed by atoms with Gasteiger partial charge in [-0.1, -0.05) is 24.3 Å². The summed E-state index contributed by atoms with van der Waals surface area (Å²) in [6, 6.07) is 14.4. The van der Waals surface area contributed by atoms with Gasteiger partial charge in [-0.15, -0.1) is 0 Å². The fourth-order valence-electron chi connectivity index (χ4n) is 2.43. The maximum absolute atomic E-state index is 12.4. The van der Waals surface area contributed by atoms with Gasteiger partial charge in [0.2, 0.25) is 0 Å². The molecule has 0 atom stereocenters. The van der Waals surface area contributed by atoms with Crippen LogP contribution in [0, 0.1) is 0 Å². The topological polar surface area (TPSA) is 49.4 Å². The molecule has 0 aromatic heterocycles. The van der Waals surface area contributed by atoms with Crippen molar-refractivity contribution in [2.24, 2.45) is 0 Å². The highest BCUT2D eigenvalue weighted by molar-refractivity contribution is 6.34. The quantitative estimate of drug-likeness (QED) is 0.866. The van der Waals surface area contributed by atoms with Crippen LogP contribution in [0.4, 0.5) is 5.69 Å². The molecule has 100 valence electrons. The average molecular weight is 266 g/mol. The number of carbonyl (C=O) groups is 2. The number of carbonyl (C=O) groups excluding carboxylic acids is 2. The van der Waals surface area contributed by atoms with Crippen LogP contribution >= 0.6 is 0 Å². The lowest BCUT2D eigenvalue weighted by Gasteiger charge is -2.15. The second kappa shape index (κ2) is 4.90. The lowest BCUT2D eigenvalue weighted by molar-refractivity contribution is 0.0926. The predicted octanol–water partition coefficient (Wildman–Crippen LogP) is 2.21. The first kappa shape index (κ1) is 12.6. The third kappa shape index (κ3) is 1.90. The first-order valence-corrected chi connectivity index (χ1v) is 6.43. The van der Waals surface area contributed by atoms with Crippen molar-refractivity contribution in [3.05, 3.63) is 65.2 Å². The van der Waals surface area contributed by atoms with Gasteiger partial charge in [-0.2, -0.15) is 0 Å². The Labute approximate surface area is 117 Å². The van der Waals surface area contributed by atoms with E-state index in [0.29, 0.717) is 23.4 Å². The molecule has 1 heterocycles. The maximum Gasteiger partial charge on any atom is 0.266 e. The van der Waals surface area contributed by atoms with Crippen molar-refractivity contribution in [3.8, 4) is 0 Å². The molecule has 0 unspecified atom stereocenters. The van der Waals surface area contributed by atoms with Crippen molar-refractivity contribution < 1.29 is 9.59 Å². The van der Waals surface area contributed by atoms with Crippen molar-refractivity contribution >= 4 is 17.5 Å². The van der Waals surface area contributed by atoms with Crippen LogP contribution in [0.2, 0.25) is 0 Å². The Morgan fingerprint density at radius 3 is 2.20 bits per heavy atom. The van der Waals surface area contributed by atoms with E-state index in [0.717, 1.165) is 5.56 Å². The van der Waals surface area contributed by atoms with Crippen molar-refractivity contribution in [1.29, 1.82) is 0 Å². The molecule has 2 amide bonds. The number of nitrogens with zero attached hydrogens (tertiary/aromatic N) is 1. The summed E-state index contributed by atoms with van der Waals surface area (Å²) in [4.78, 5) is 26.0. The monoisotopic (exact) mass is 266 g/mol. The molecule has 0 aliphatic carbocycles. The van der Waals surface area contributed by atoms with Crippen molar-refractivity contribution in [1.82, 2.24) is 5.32 Å². The normalized spacial score (nSPS) is 13.8. The molecule has 4 heteroatoms. The zero-order chi connectivity index (χ0) is 14.1. The van der Waals surface area contributed by atoms with Gasteiger partial charge in [0.05, 0.1) is 16.8 Å². The summed E-state index contributed by atoms with van der Waals surface area (Å²) < 4.78 is 0. The van der Waals surface area contributed by atoms with Gasteiger partial charge in [0.1, 0.15) is 0 Å². The summed E-state index contributed by atoms with van der Waals surface area (Å²) in [5, 5.41) is 3.05. The molecule has 1 aliphatic rings. The van der Waals surface area contributed by atoms with Crippen molar-refractivity contribution in [2.75, 3.05) is 11.9 Å². The highest BCUT2D eigenvalue weighted by Gasteiger charge is 2.36. The summed E-state index contributed by atoms with van der Waals surface area (Å²) in [5.74, 6) is -0.514. The van der Waals surface area contributed by atoms with E-state index in [1.54, 1.807) is 30.3 Å². The standard InChI is InChI=1S/C16H14N2O2/c1-17-10-11-5-4-6-12(9-11)18-15(19)13-7-2-3-8-14(13)16(18)20/h2-9,17H,10H2,1H3. The molecular formula is C16H14N2O2. The van der Waals surface area contributed by atoms with E-state index in [9.17, 15) is 9.59 Å². The number of rotatable bonds is 3. The molecule has 0 saturated carbocycles. The van der Waals surface area contributed by atoms with E-state index < -0.39 is 0 Å². The molecule has 20 heavy (non-hydrogen) atoms. The molecule has 4 nitrogen and oxygen atoms in total. The van der Waals surface area contributed by atoms with Gasteiger partial charge in [0.15, 0.2) is 0 Å². The number of anilines is 1. The average Bonchev–Trinajstić information content (AvgIpc) is 2.72. The Hall–Kier alpha value is -2.46. The number of fused-ring (bicyclic) bond motifs is 1. The molecule has 0 bridgehead atoms. The Bertz CT molecular complexity index is 659. The fraction of sp³-hybridized carbons (Fsp3) is 0.125. The number of benzene rings is 2. The van der Waals surface area contributed by atoms with Gasteiger partial charge in [-0.3, -0.25) is 9.59 Å². The minimum absolute atomic E-state index is 0.257. The van der Waals surface area contributed by atoms with E-state index in [2.05, 4.69) is 5.32 Å². The second-order valence-electron chi connectivity index (χ2n) is 4.69. The second-order valence-corrected chi connectivity index (χ2v) is 4.69. The molecule has 0 radical (unpaired) electrons. The summed E-state index contributed by atoms with van der Waals surface area (Å²) in [6.45, 7) is 0.691. The smallest absolute Gasteiger partial charge is 0.266 e. The largest absolute Gasteiger partial charge is 0.316 e. The van der Waals surface area contributed by atoms with Crippen molar-refractivity contribution in [3.63, 3.8) is 0 Å². The minimum Gasteiger partial charge on any atom is -0.316 e. The van der Waals surface area contributed by atoms with Crippen LogP contribution in [0.3, 0.4) is 0 Å². The Balaban J connectivity index is 2.02. The molecule has 2 aromatic rings. The Morgan fingerprint density at radius 2 is 1.60 bits per heavy atom. The van der Waals surface area contributed by atoms with Gasteiger partial charge >= 0.3 is 0 Å². The van der Waals surface area contributed by atoms with Crippen LogP contribution in [0.25, 0.3) is 0 Å². The van der Waals surface area contributed by atoms with E-state index >= 15 is 0 Å². The molecule has 3 rings (SSSR count). The zero-order valence-electron chi connectivity index (χ0n) is 11.1. The SMILES string of the molecule is CNCc1cccc(N2C(=O)c3ccccc3C2=O)c1. The Morgan fingerprint density at radius 1 is 0.950 bits per heavy atom. The Kier molecular flexibility index (Phi) is 3.08. The van der Waals surface area contributed by atoms with Crippen LogP contribution in [-0.4, -0.2) is 18.9 Å². The summed E-state index contributed by atoms with van der Waals surface area (Å²) >= 11 is 0. The van der Waals surface area contributed by atoms with Crippen LogP contribution in [-0.2, 0) is 6.54 Å². The van der Waals surface area contributed by atoms with Gasteiger partial charge in [-0.05, 0) is 36.9 Å². The van der Waals surface area contributed by atoms with Crippen LogP contribution in [0.5, 0.6) is 0 Å². The minimum atomic E-state index is -0.257. The van der Waals surface area contributed by atoms with Crippen LogP contribution in [0.1, 0.15) is 26.3 Å². The van der Waals surface area contributed by atoms with Crippen LogP contribution in [0.15, 0.2) is 48.5 Å². The number of hydrogen-bond acceptors (Lipinski definition) is 3. The maximum atomic E-state index is 12.4. The first-order chi connectivity index (χ1) is 9.72. The third-order valence-corrected chi connectivity index (χ3v) is 3.34. The van der Waals surface area contributed by atoms with Crippen molar-refractivity contribution in [2.45, 2.75) is 6.54 Å². The number of hydrogen-bond donors (Lipinski definition) is 1. The van der Waals surface area contributed by atoms with E-state index in [4.69, 9.17) is 0 Å².